The van der Waals surface area contributed by atoms with Crippen molar-refractivity contribution in [2.24, 2.45) is 0 Å². The summed E-state index contributed by atoms with van der Waals surface area (Å²) in [6.45, 7) is 0.106. The van der Waals surface area contributed by atoms with Crippen molar-refractivity contribution in [3.8, 4) is 18.1 Å². The number of amides is 4. The first kappa shape index (κ1) is 19.7. The molecule has 0 bridgehead atoms. The smallest absolute Gasteiger partial charge is 0.335 e. The Kier molecular flexibility index (Phi) is 5.83. The molecule has 0 saturated carbocycles. The van der Waals surface area contributed by atoms with E-state index in [1.165, 1.54) is 12.1 Å². The zero-order chi connectivity index (χ0) is 20.3. The van der Waals surface area contributed by atoms with Crippen LogP contribution in [0.1, 0.15) is 5.56 Å². The van der Waals surface area contributed by atoms with Gasteiger partial charge in [0.15, 0.2) is 0 Å². The lowest BCUT2D eigenvalue weighted by Crippen LogP contribution is -2.54. The molecule has 0 unspecified atom stereocenters. The molecule has 6 nitrogen and oxygen atoms in total. The fraction of sp³-hybridized carbons (Fsp3) is 0.0500. The third-order valence-electron chi connectivity index (χ3n) is 3.77. The van der Waals surface area contributed by atoms with Gasteiger partial charge in [0.05, 0.1) is 15.2 Å². The molecular formula is C20H12BrClN2O4. The molecule has 1 N–H and O–H groups in total. The minimum Gasteiger partial charge on any atom is -0.480 e. The number of benzene rings is 2. The number of urea groups is 1. The summed E-state index contributed by atoms with van der Waals surface area (Å²) in [4.78, 5) is 38.1. The SMILES string of the molecule is C#CCOc1ccc(/C=C2\C(=O)NC(=O)N(c3ccccc3Cl)C2=O)cc1Br. The number of para-hydroxylation sites is 1. The quantitative estimate of drug-likeness (QED) is 0.429. The van der Waals surface area contributed by atoms with Gasteiger partial charge in [-0.25, -0.2) is 9.69 Å². The lowest BCUT2D eigenvalue weighted by molar-refractivity contribution is -0.122. The van der Waals surface area contributed by atoms with Crippen LogP contribution in [-0.4, -0.2) is 24.5 Å². The van der Waals surface area contributed by atoms with E-state index in [-0.39, 0.29) is 22.9 Å². The Bertz CT molecular complexity index is 1060. The van der Waals surface area contributed by atoms with Gasteiger partial charge in [-0.3, -0.25) is 14.9 Å². The maximum atomic E-state index is 12.9. The third kappa shape index (κ3) is 3.93. The largest absolute Gasteiger partial charge is 0.480 e. The molecule has 4 amide bonds. The van der Waals surface area contributed by atoms with E-state index in [0.29, 0.717) is 15.8 Å². The van der Waals surface area contributed by atoms with E-state index in [1.807, 2.05) is 0 Å². The van der Waals surface area contributed by atoms with Crippen LogP contribution in [0.3, 0.4) is 0 Å². The van der Waals surface area contributed by atoms with Gasteiger partial charge in [0, 0.05) is 0 Å². The van der Waals surface area contributed by atoms with E-state index in [0.717, 1.165) is 4.90 Å². The van der Waals surface area contributed by atoms with Crippen molar-refractivity contribution in [2.45, 2.75) is 0 Å². The molecule has 0 radical (unpaired) electrons. The van der Waals surface area contributed by atoms with Gasteiger partial charge in [-0.15, -0.1) is 6.42 Å². The monoisotopic (exact) mass is 458 g/mol. The summed E-state index contributed by atoms with van der Waals surface area (Å²) in [5.74, 6) is 1.32. The van der Waals surface area contributed by atoms with Gasteiger partial charge < -0.3 is 4.74 Å². The van der Waals surface area contributed by atoms with Crippen LogP contribution in [0.15, 0.2) is 52.5 Å². The van der Waals surface area contributed by atoms with Crippen LogP contribution in [-0.2, 0) is 9.59 Å². The van der Waals surface area contributed by atoms with Crippen LogP contribution in [0.2, 0.25) is 5.02 Å². The van der Waals surface area contributed by atoms with E-state index in [4.69, 9.17) is 22.8 Å². The topological polar surface area (TPSA) is 75.7 Å². The summed E-state index contributed by atoms with van der Waals surface area (Å²) in [7, 11) is 0. The predicted molar refractivity (Wildman–Crippen MR) is 109 cm³/mol. The number of nitrogens with one attached hydrogen (secondary N) is 1. The van der Waals surface area contributed by atoms with Crippen molar-refractivity contribution >= 4 is 57.1 Å². The minimum absolute atomic E-state index is 0.106. The number of imide groups is 2. The molecule has 0 aromatic heterocycles. The molecule has 3 rings (SSSR count). The minimum atomic E-state index is -0.862. The van der Waals surface area contributed by atoms with Gasteiger partial charge in [-0.1, -0.05) is 35.7 Å². The van der Waals surface area contributed by atoms with Crippen LogP contribution < -0.4 is 15.0 Å². The maximum absolute atomic E-state index is 12.9. The average molecular weight is 460 g/mol. The van der Waals surface area contributed by atoms with Crippen molar-refractivity contribution in [3.05, 3.63) is 63.1 Å². The van der Waals surface area contributed by atoms with Crippen LogP contribution in [0.4, 0.5) is 10.5 Å². The summed E-state index contributed by atoms with van der Waals surface area (Å²) in [5, 5.41) is 2.36. The number of carbonyl (C=O) groups is 3. The fourth-order valence-corrected chi connectivity index (χ4v) is 3.25. The number of terminal acetylenes is 1. The van der Waals surface area contributed by atoms with Gasteiger partial charge in [0.25, 0.3) is 11.8 Å². The summed E-state index contributed by atoms with van der Waals surface area (Å²) in [5.41, 5.74) is 0.528. The first-order valence-electron chi connectivity index (χ1n) is 7.94. The second-order valence-electron chi connectivity index (χ2n) is 5.59. The summed E-state index contributed by atoms with van der Waals surface area (Å²) < 4.78 is 5.95. The van der Waals surface area contributed by atoms with Crippen LogP contribution in [0, 0.1) is 12.3 Å². The molecule has 1 saturated heterocycles. The second kappa shape index (κ2) is 8.30. The Balaban J connectivity index is 1.97. The van der Waals surface area contributed by atoms with Gasteiger partial charge in [0.2, 0.25) is 0 Å². The molecule has 1 fully saturated rings. The molecule has 0 spiro atoms. The zero-order valence-corrected chi connectivity index (χ0v) is 16.6. The molecule has 0 atom stereocenters. The number of ether oxygens (including phenoxy) is 1. The van der Waals surface area contributed by atoms with Crippen molar-refractivity contribution in [1.82, 2.24) is 5.32 Å². The Morgan fingerprint density at radius 3 is 2.64 bits per heavy atom. The Morgan fingerprint density at radius 1 is 1.21 bits per heavy atom. The molecule has 1 aliphatic rings. The van der Waals surface area contributed by atoms with Gasteiger partial charge >= 0.3 is 6.03 Å². The number of carbonyl (C=O) groups excluding carboxylic acids is 3. The highest BCUT2D eigenvalue weighted by atomic mass is 79.9. The Labute approximate surface area is 174 Å². The highest BCUT2D eigenvalue weighted by Gasteiger charge is 2.37. The van der Waals surface area contributed by atoms with Crippen molar-refractivity contribution in [3.63, 3.8) is 0 Å². The molecule has 0 aliphatic carbocycles. The molecule has 2 aromatic rings. The van der Waals surface area contributed by atoms with E-state index < -0.39 is 17.8 Å². The normalized spacial score (nSPS) is 15.4. The highest BCUT2D eigenvalue weighted by molar-refractivity contribution is 9.10. The molecular weight excluding hydrogens is 448 g/mol. The average Bonchev–Trinajstić information content (AvgIpc) is 2.66. The molecule has 1 heterocycles. The molecule has 2 aromatic carbocycles. The number of nitrogens with zero attached hydrogens (tertiary/aromatic N) is 1. The van der Waals surface area contributed by atoms with Gasteiger partial charge in [-0.05, 0) is 51.8 Å². The van der Waals surface area contributed by atoms with Crippen LogP contribution in [0.25, 0.3) is 6.08 Å². The molecule has 28 heavy (non-hydrogen) atoms. The lowest BCUT2D eigenvalue weighted by Gasteiger charge is -2.27. The van der Waals surface area contributed by atoms with Crippen molar-refractivity contribution in [1.29, 1.82) is 0 Å². The van der Waals surface area contributed by atoms with E-state index in [1.54, 1.807) is 36.4 Å². The molecule has 1 aliphatic heterocycles. The summed E-state index contributed by atoms with van der Waals surface area (Å²) in [6, 6.07) is 10.5. The van der Waals surface area contributed by atoms with Gasteiger partial charge in [0.1, 0.15) is 17.9 Å². The number of hydrogen-bond acceptors (Lipinski definition) is 4. The van der Waals surface area contributed by atoms with Gasteiger partial charge in [-0.2, -0.15) is 0 Å². The Hall–Kier alpha value is -3.08. The lowest BCUT2D eigenvalue weighted by atomic mass is 10.1. The van der Waals surface area contributed by atoms with E-state index in [9.17, 15) is 14.4 Å². The second-order valence-corrected chi connectivity index (χ2v) is 6.85. The maximum Gasteiger partial charge on any atom is 0.335 e. The standard InChI is InChI=1S/C20H12BrClN2O4/c1-2-9-28-17-8-7-12(11-14(17)21)10-13-18(25)23-20(27)24(19(13)26)16-6-4-3-5-15(16)22/h1,3-8,10-11H,9H2,(H,23,25,27)/b13-10+. The first-order valence-corrected chi connectivity index (χ1v) is 9.11. The number of halogens is 2. The van der Waals surface area contributed by atoms with Crippen molar-refractivity contribution < 1.29 is 19.1 Å². The summed E-state index contributed by atoms with van der Waals surface area (Å²) >= 11 is 9.45. The molecule has 8 heteroatoms. The zero-order valence-electron chi connectivity index (χ0n) is 14.2. The number of hydrogen-bond donors (Lipinski definition) is 1. The highest BCUT2D eigenvalue weighted by Crippen LogP contribution is 2.30. The van der Waals surface area contributed by atoms with E-state index >= 15 is 0 Å². The first-order chi connectivity index (χ1) is 13.4. The van der Waals surface area contributed by atoms with E-state index in [2.05, 4.69) is 27.2 Å². The summed E-state index contributed by atoms with van der Waals surface area (Å²) in [6.07, 6.45) is 6.55. The van der Waals surface area contributed by atoms with Crippen molar-refractivity contribution in [2.75, 3.05) is 11.5 Å². The number of barbiturate groups is 1. The van der Waals surface area contributed by atoms with Crippen LogP contribution >= 0.6 is 27.5 Å². The number of anilines is 1. The van der Waals surface area contributed by atoms with Crippen LogP contribution in [0.5, 0.6) is 5.75 Å². The number of rotatable bonds is 4. The molecule has 140 valence electrons. The Morgan fingerprint density at radius 2 is 1.96 bits per heavy atom. The predicted octanol–water partition coefficient (Wildman–Crippen LogP) is 3.78. The fourth-order valence-electron chi connectivity index (χ4n) is 2.52. The third-order valence-corrected chi connectivity index (χ3v) is 4.71.